The number of nitro benzene ring substituents is 1. The van der Waals surface area contributed by atoms with Crippen LogP contribution in [-0.4, -0.2) is 16.2 Å². The Morgan fingerprint density at radius 1 is 1.35 bits per heavy atom. The van der Waals surface area contributed by atoms with E-state index in [2.05, 4.69) is 34.8 Å². The smallest absolute Gasteiger partial charge is 0.271 e. The lowest BCUT2D eigenvalue weighted by atomic mass is 9.99. The molecule has 2 aromatic rings. The van der Waals surface area contributed by atoms with Gasteiger partial charge in [-0.25, -0.2) is 0 Å². The van der Waals surface area contributed by atoms with Crippen molar-refractivity contribution in [1.29, 1.82) is 0 Å². The molecule has 2 rings (SSSR count). The summed E-state index contributed by atoms with van der Waals surface area (Å²) in [6.45, 7) is 4.30. The number of aromatic hydroxyl groups is 1. The molecule has 120 valence electrons. The Balaban J connectivity index is 2.28. The van der Waals surface area contributed by atoms with Crippen LogP contribution in [0, 0.1) is 10.1 Å². The number of nitro groups is 1. The quantitative estimate of drug-likeness (QED) is 0.435. The number of phenols is 1. The largest absolute Gasteiger partial charge is 0.506 e. The van der Waals surface area contributed by atoms with Gasteiger partial charge < -0.3 is 5.11 Å². The molecule has 0 fully saturated rings. The molecule has 0 radical (unpaired) electrons. The molecule has 1 N–H and O–H groups in total. The zero-order chi connectivity index (χ0) is 17.0. The highest BCUT2D eigenvalue weighted by Crippen LogP contribution is 2.32. The summed E-state index contributed by atoms with van der Waals surface area (Å²) in [6, 6.07) is 10.4. The molecule has 23 heavy (non-hydrogen) atoms. The molecular formula is C17H17BrN2O3. The van der Waals surface area contributed by atoms with Crippen molar-refractivity contribution in [1.82, 2.24) is 0 Å². The highest BCUT2D eigenvalue weighted by molar-refractivity contribution is 9.10. The van der Waals surface area contributed by atoms with Gasteiger partial charge in [-0.1, -0.05) is 26.0 Å². The van der Waals surface area contributed by atoms with Crippen LogP contribution in [0.15, 0.2) is 45.9 Å². The van der Waals surface area contributed by atoms with Crippen LogP contribution in [0.25, 0.3) is 0 Å². The Labute approximate surface area is 143 Å². The van der Waals surface area contributed by atoms with Crippen LogP contribution in [0.4, 0.5) is 11.4 Å². The lowest BCUT2D eigenvalue weighted by molar-refractivity contribution is -0.385. The number of benzene rings is 2. The maximum atomic E-state index is 10.9. The molecule has 0 saturated heterocycles. The normalized spacial score (nSPS) is 12.5. The van der Waals surface area contributed by atoms with Gasteiger partial charge in [0, 0.05) is 23.9 Å². The van der Waals surface area contributed by atoms with E-state index in [1.165, 1.54) is 23.9 Å². The van der Waals surface area contributed by atoms with E-state index in [4.69, 9.17) is 0 Å². The monoisotopic (exact) mass is 376 g/mol. The van der Waals surface area contributed by atoms with Gasteiger partial charge in [0.05, 0.1) is 15.1 Å². The first-order valence-electron chi connectivity index (χ1n) is 7.23. The summed E-state index contributed by atoms with van der Waals surface area (Å²) in [5, 5.41) is 20.8. The van der Waals surface area contributed by atoms with Gasteiger partial charge in [-0.15, -0.1) is 0 Å². The highest BCUT2D eigenvalue weighted by Gasteiger charge is 2.13. The minimum atomic E-state index is -0.511. The van der Waals surface area contributed by atoms with E-state index in [9.17, 15) is 15.2 Å². The molecule has 0 unspecified atom stereocenters. The Bertz CT molecular complexity index is 742. The third-order valence-corrected chi connectivity index (χ3v) is 4.32. The van der Waals surface area contributed by atoms with Crippen LogP contribution in [0.1, 0.15) is 37.3 Å². The summed E-state index contributed by atoms with van der Waals surface area (Å²) < 4.78 is 0.264. The van der Waals surface area contributed by atoms with E-state index in [-0.39, 0.29) is 21.5 Å². The number of nitrogens with zero attached hydrogens (tertiary/aromatic N) is 2. The molecule has 0 saturated carbocycles. The zero-order valence-electron chi connectivity index (χ0n) is 12.9. The standard InChI is InChI=1S/C17H17BrN2O3/c1-3-11(2)12-4-6-14(7-5-12)19-10-13-8-15(20(22)23)9-16(18)17(13)21/h4-11,21H,3H2,1-2H3/t11-/m1/s1. The number of halogens is 1. The van der Waals surface area contributed by atoms with Gasteiger partial charge in [-0.2, -0.15) is 0 Å². The summed E-state index contributed by atoms with van der Waals surface area (Å²) in [7, 11) is 0. The zero-order valence-corrected chi connectivity index (χ0v) is 14.4. The summed E-state index contributed by atoms with van der Waals surface area (Å²) in [5.41, 5.74) is 2.15. The van der Waals surface area contributed by atoms with Crippen molar-refractivity contribution in [2.75, 3.05) is 0 Å². The van der Waals surface area contributed by atoms with Crippen LogP contribution >= 0.6 is 15.9 Å². The van der Waals surface area contributed by atoms with Gasteiger partial charge in [0.2, 0.25) is 0 Å². The second kappa shape index (κ2) is 7.37. The Morgan fingerprint density at radius 3 is 2.57 bits per heavy atom. The van der Waals surface area contributed by atoms with Gasteiger partial charge in [-0.3, -0.25) is 15.1 Å². The molecule has 2 aromatic carbocycles. The van der Waals surface area contributed by atoms with E-state index >= 15 is 0 Å². The third-order valence-electron chi connectivity index (χ3n) is 3.72. The molecule has 0 aromatic heterocycles. The van der Waals surface area contributed by atoms with E-state index in [0.717, 1.165) is 12.1 Å². The number of phenolic OH excluding ortho intramolecular Hbond substituents is 1. The minimum Gasteiger partial charge on any atom is -0.506 e. The SMILES string of the molecule is CC[C@@H](C)c1ccc(N=Cc2cc([N+](=O)[O-])cc(Br)c2O)cc1. The fraction of sp³-hybridized carbons (Fsp3) is 0.235. The van der Waals surface area contributed by atoms with Crippen LogP contribution in [-0.2, 0) is 0 Å². The van der Waals surface area contributed by atoms with Crippen LogP contribution in [0.3, 0.4) is 0 Å². The van der Waals surface area contributed by atoms with Gasteiger partial charge in [0.25, 0.3) is 5.69 Å². The lowest BCUT2D eigenvalue weighted by Gasteiger charge is -2.08. The number of hydrogen-bond donors (Lipinski definition) is 1. The molecular weight excluding hydrogens is 360 g/mol. The molecule has 0 aliphatic heterocycles. The first-order valence-corrected chi connectivity index (χ1v) is 8.02. The van der Waals surface area contributed by atoms with Gasteiger partial charge in [0.15, 0.2) is 0 Å². The van der Waals surface area contributed by atoms with Crippen molar-refractivity contribution in [3.63, 3.8) is 0 Å². The van der Waals surface area contributed by atoms with E-state index in [0.29, 0.717) is 5.92 Å². The molecule has 6 heteroatoms. The molecule has 0 bridgehead atoms. The Hall–Kier alpha value is -2.21. The molecule has 1 atom stereocenters. The minimum absolute atomic E-state index is 0.0735. The van der Waals surface area contributed by atoms with E-state index in [1.54, 1.807) is 0 Å². The summed E-state index contributed by atoms with van der Waals surface area (Å²) in [4.78, 5) is 14.6. The molecule has 0 aliphatic carbocycles. The topological polar surface area (TPSA) is 75.7 Å². The molecule has 5 nitrogen and oxygen atoms in total. The predicted octanol–water partition coefficient (Wildman–Crippen LogP) is 5.33. The lowest BCUT2D eigenvalue weighted by Crippen LogP contribution is -1.92. The predicted molar refractivity (Wildman–Crippen MR) is 94.9 cm³/mol. The third kappa shape index (κ3) is 4.16. The van der Waals surface area contributed by atoms with Crippen molar-refractivity contribution in [2.24, 2.45) is 4.99 Å². The molecule has 0 amide bonds. The molecule has 0 heterocycles. The van der Waals surface area contributed by atoms with Crippen LogP contribution in [0.2, 0.25) is 0 Å². The van der Waals surface area contributed by atoms with Gasteiger partial charge in [-0.05, 0) is 46.0 Å². The average molecular weight is 377 g/mol. The van der Waals surface area contributed by atoms with Crippen molar-refractivity contribution in [2.45, 2.75) is 26.2 Å². The second-order valence-electron chi connectivity index (χ2n) is 5.28. The highest BCUT2D eigenvalue weighted by atomic mass is 79.9. The van der Waals surface area contributed by atoms with Crippen molar-refractivity contribution in [3.8, 4) is 5.75 Å². The van der Waals surface area contributed by atoms with Crippen molar-refractivity contribution >= 4 is 33.5 Å². The first-order chi connectivity index (χ1) is 10.9. The number of rotatable bonds is 5. The fourth-order valence-electron chi connectivity index (χ4n) is 2.08. The maximum Gasteiger partial charge on any atom is 0.271 e. The van der Waals surface area contributed by atoms with Crippen LogP contribution < -0.4 is 0 Å². The summed E-state index contributed by atoms with van der Waals surface area (Å²) in [6.07, 6.45) is 2.49. The number of hydrogen-bond acceptors (Lipinski definition) is 4. The number of aliphatic imine (C=N–C) groups is 1. The van der Waals surface area contributed by atoms with Crippen molar-refractivity contribution < 1.29 is 10.0 Å². The van der Waals surface area contributed by atoms with Crippen LogP contribution in [0.5, 0.6) is 5.75 Å². The van der Waals surface area contributed by atoms with Gasteiger partial charge in [0.1, 0.15) is 5.75 Å². The van der Waals surface area contributed by atoms with Crippen molar-refractivity contribution in [3.05, 3.63) is 62.1 Å². The van der Waals surface area contributed by atoms with Gasteiger partial charge >= 0.3 is 0 Å². The summed E-state index contributed by atoms with van der Waals surface area (Å²) >= 11 is 3.11. The Morgan fingerprint density at radius 2 is 2.00 bits per heavy atom. The maximum absolute atomic E-state index is 10.9. The molecule has 0 aliphatic rings. The Kier molecular flexibility index (Phi) is 5.50. The second-order valence-corrected chi connectivity index (χ2v) is 6.14. The van der Waals surface area contributed by atoms with E-state index in [1.807, 2.05) is 24.3 Å². The van der Waals surface area contributed by atoms with E-state index < -0.39 is 4.92 Å². The fourth-order valence-corrected chi connectivity index (χ4v) is 2.54. The number of non-ortho nitro benzene ring substituents is 1. The summed E-state index contributed by atoms with van der Waals surface area (Å²) in [5.74, 6) is 0.417. The molecule has 0 spiro atoms. The first kappa shape index (κ1) is 17.1. The average Bonchev–Trinajstić information content (AvgIpc) is 2.55.